The molecule has 27 heavy (non-hydrogen) atoms. The van der Waals surface area contributed by atoms with Crippen LogP contribution < -0.4 is 0 Å². The predicted octanol–water partition coefficient (Wildman–Crippen LogP) is 3.45. The van der Waals surface area contributed by atoms with Gasteiger partial charge in [0.25, 0.3) is 10.0 Å². The van der Waals surface area contributed by atoms with Crippen molar-refractivity contribution in [3.8, 4) is 0 Å². The van der Waals surface area contributed by atoms with E-state index in [9.17, 15) is 13.5 Å². The SMILES string of the molecule is Cc1nc(C)c(S(=O)(=O)N2CC[C@@H](c3ccc4ccccc4c3)[C@H](O)C2)s1. The van der Waals surface area contributed by atoms with Gasteiger partial charge in [-0.25, -0.2) is 13.4 Å². The second-order valence-electron chi connectivity index (χ2n) is 7.04. The lowest BCUT2D eigenvalue weighted by Gasteiger charge is -2.35. The van der Waals surface area contributed by atoms with Crippen LogP contribution in [-0.2, 0) is 10.0 Å². The highest BCUT2D eigenvalue weighted by molar-refractivity contribution is 7.91. The van der Waals surface area contributed by atoms with E-state index < -0.39 is 16.1 Å². The molecule has 1 aliphatic rings. The van der Waals surface area contributed by atoms with Crippen molar-refractivity contribution < 1.29 is 13.5 Å². The minimum Gasteiger partial charge on any atom is -0.391 e. The Bertz CT molecular complexity index is 1090. The summed E-state index contributed by atoms with van der Waals surface area (Å²) >= 11 is 1.19. The molecule has 2 atom stereocenters. The van der Waals surface area contributed by atoms with Crippen LogP contribution in [0.15, 0.2) is 46.7 Å². The van der Waals surface area contributed by atoms with Gasteiger partial charge in [-0.05, 0) is 36.6 Å². The third-order valence-corrected chi connectivity index (χ3v) is 8.71. The fraction of sp³-hybridized carbons (Fsp3) is 0.350. The molecule has 2 aromatic carbocycles. The number of sulfonamides is 1. The van der Waals surface area contributed by atoms with E-state index in [0.29, 0.717) is 18.7 Å². The van der Waals surface area contributed by atoms with E-state index in [1.54, 1.807) is 13.8 Å². The maximum Gasteiger partial charge on any atom is 0.254 e. The average Bonchev–Trinajstić information content (AvgIpc) is 3.00. The number of β-amino-alcohol motifs (C(OH)–C–C–N with tert-alkyl or cyclic N) is 1. The van der Waals surface area contributed by atoms with Crippen LogP contribution in [0.2, 0.25) is 0 Å². The van der Waals surface area contributed by atoms with Crippen molar-refractivity contribution in [1.29, 1.82) is 0 Å². The first-order valence-electron chi connectivity index (χ1n) is 8.97. The lowest BCUT2D eigenvalue weighted by Crippen LogP contribution is -2.45. The molecule has 1 saturated heterocycles. The minimum atomic E-state index is -3.62. The Balaban J connectivity index is 1.57. The van der Waals surface area contributed by atoms with Crippen LogP contribution >= 0.6 is 11.3 Å². The van der Waals surface area contributed by atoms with Gasteiger partial charge in [-0.3, -0.25) is 0 Å². The Kier molecular flexibility index (Phi) is 4.80. The molecule has 142 valence electrons. The average molecular weight is 403 g/mol. The molecule has 7 heteroatoms. The number of hydrogen-bond acceptors (Lipinski definition) is 5. The summed E-state index contributed by atoms with van der Waals surface area (Å²) in [6, 6.07) is 14.3. The van der Waals surface area contributed by atoms with Crippen LogP contribution in [-0.4, -0.2) is 42.0 Å². The lowest BCUT2D eigenvalue weighted by atomic mass is 9.87. The number of aliphatic hydroxyl groups excluding tert-OH is 1. The quantitative estimate of drug-likeness (QED) is 0.728. The van der Waals surface area contributed by atoms with Gasteiger partial charge < -0.3 is 5.11 Å². The van der Waals surface area contributed by atoms with E-state index in [0.717, 1.165) is 21.3 Å². The molecule has 3 aromatic rings. The molecule has 5 nitrogen and oxygen atoms in total. The molecule has 0 bridgehead atoms. The molecule has 0 radical (unpaired) electrons. The topological polar surface area (TPSA) is 70.5 Å². The number of rotatable bonds is 3. The predicted molar refractivity (Wildman–Crippen MR) is 108 cm³/mol. The summed E-state index contributed by atoms with van der Waals surface area (Å²) in [5.41, 5.74) is 1.59. The highest BCUT2D eigenvalue weighted by atomic mass is 32.2. The first-order valence-corrected chi connectivity index (χ1v) is 11.2. The summed E-state index contributed by atoms with van der Waals surface area (Å²) in [5.74, 6) is -0.0645. The number of aliphatic hydroxyl groups is 1. The number of aromatic nitrogens is 1. The van der Waals surface area contributed by atoms with Gasteiger partial charge in [0.15, 0.2) is 4.21 Å². The number of piperidine rings is 1. The highest BCUT2D eigenvalue weighted by Gasteiger charge is 2.37. The summed E-state index contributed by atoms with van der Waals surface area (Å²) in [7, 11) is -3.62. The van der Waals surface area contributed by atoms with Crippen molar-refractivity contribution in [3.05, 3.63) is 58.7 Å². The third-order valence-electron chi connectivity index (χ3n) is 5.18. The number of thiazole rings is 1. The first-order chi connectivity index (χ1) is 12.9. The molecule has 2 heterocycles. The van der Waals surface area contributed by atoms with Crippen LogP contribution in [0.5, 0.6) is 0 Å². The van der Waals surface area contributed by atoms with Crippen molar-refractivity contribution >= 4 is 32.1 Å². The van der Waals surface area contributed by atoms with Gasteiger partial charge >= 0.3 is 0 Å². The maximum atomic E-state index is 13.0. The Labute approximate surface area is 163 Å². The summed E-state index contributed by atoms with van der Waals surface area (Å²) in [6.45, 7) is 4.02. The van der Waals surface area contributed by atoms with Crippen LogP contribution in [0.4, 0.5) is 0 Å². The third kappa shape index (κ3) is 3.40. The van der Waals surface area contributed by atoms with Crippen LogP contribution in [0.3, 0.4) is 0 Å². The van der Waals surface area contributed by atoms with E-state index in [-0.39, 0.29) is 16.7 Å². The van der Waals surface area contributed by atoms with E-state index >= 15 is 0 Å². The fourth-order valence-electron chi connectivity index (χ4n) is 3.82. The van der Waals surface area contributed by atoms with E-state index in [2.05, 4.69) is 29.2 Å². The molecule has 1 fully saturated rings. The Morgan fingerprint density at radius 1 is 1.15 bits per heavy atom. The van der Waals surface area contributed by atoms with E-state index in [1.807, 2.05) is 18.2 Å². The second-order valence-corrected chi connectivity index (χ2v) is 10.4. The zero-order chi connectivity index (χ0) is 19.2. The van der Waals surface area contributed by atoms with E-state index in [4.69, 9.17) is 0 Å². The Morgan fingerprint density at radius 3 is 2.56 bits per heavy atom. The fourth-order valence-corrected chi connectivity index (χ4v) is 6.91. The molecule has 1 N–H and O–H groups in total. The van der Waals surface area contributed by atoms with Crippen molar-refractivity contribution in [2.75, 3.05) is 13.1 Å². The summed E-state index contributed by atoms with van der Waals surface area (Å²) < 4.78 is 27.6. The first kappa shape index (κ1) is 18.6. The van der Waals surface area contributed by atoms with Gasteiger partial charge in [-0.15, -0.1) is 11.3 Å². The zero-order valence-electron chi connectivity index (χ0n) is 15.3. The Hall–Kier alpha value is -1.80. The number of benzene rings is 2. The van der Waals surface area contributed by atoms with Crippen LogP contribution in [0, 0.1) is 13.8 Å². The number of hydrogen-bond donors (Lipinski definition) is 1. The van der Waals surface area contributed by atoms with E-state index in [1.165, 1.54) is 15.6 Å². The van der Waals surface area contributed by atoms with Gasteiger partial charge in [-0.1, -0.05) is 42.5 Å². The largest absolute Gasteiger partial charge is 0.391 e. The molecule has 0 saturated carbocycles. The van der Waals surface area contributed by atoms with Gasteiger partial charge in [0.1, 0.15) is 0 Å². The molecule has 0 aliphatic carbocycles. The van der Waals surface area contributed by atoms with Crippen molar-refractivity contribution in [2.24, 2.45) is 0 Å². The Morgan fingerprint density at radius 2 is 1.89 bits per heavy atom. The molecular weight excluding hydrogens is 380 g/mol. The number of aryl methyl sites for hydroxylation is 2. The van der Waals surface area contributed by atoms with Gasteiger partial charge in [-0.2, -0.15) is 4.31 Å². The molecule has 0 amide bonds. The van der Waals surface area contributed by atoms with Crippen molar-refractivity contribution in [2.45, 2.75) is 36.5 Å². The van der Waals surface area contributed by atoms with Crippen LogP contribution in [0.1, 0.15) is 28.6 Å². The van der Waals surface area contributed by atoms with Crippen LogP contribution in [0.25, 0.3) is 10.8 Å². The summed E-state index contributed by atoms with van der Waals surface area (Å²) in [6.07, 6.45) is -0.140. The summed E-state index contributed by atoms with van der Waals surface area (Å²) in [4.78, 5) is 4.23. The maximum absolute atomic E-state index is 13.0. The lowest BCUT2D eigenvalue weighted by molar-refractivity contribution is 0.0855. The van der Waals surface area contributed by atoms with Gasteiger partial charge in [0.05, 0.1) is 16.8 Å². The minimum absolute atomic E-state index is 0.0645. The normalized spacial score (nSPS) is 21.6. The summed E-state index contributed by atoms with van der Waals surface area (Å²) in [5, 5.41) is 13.8. The molecule has 1 aromatic heterocycles. The second kappa shape index (κ2) is 6.98. The van der Waals surface area contributed by atoms with Crippen molar-refractivity contribution in [3.63, 3.8) is 0 Å². The molecular formula is C20H22N2O3S2. The molecule has 1 aliphatic heterocycles. The van der Waals surface area contributed by atoms with Gasteiger partial charge in [0.2, 0.25) is 0 Å². The molecule has 4 rings (SSSR count). The number of nitrogens with zero attached hydrogens (tertiary/aromatic N) is 2. The molecule has 0 spiro atoms. The highest BCUT2D eigenvalue weighted by Crippen LogP contribution is 2.34. The standard InChI is InChI=1S/C20H22N2O3S2/c1-13-20(26-14(2)21-13)27(24,25)22-10-9-18(19(23)12-22)17-8-7-15-5-3-4-6-16(15)11-17/h3-8,11,18-19,23H,9-10,12H2,1-2H3/t18-,19+/m0/s1. The van der Waals surface area contributed by atoms with Gasteiger partial charge in [0, 0.05) is 19.0 Å². The smallest absolute Gasteiger partial charge is 0.254 e. The van der Waals surface area contributed by atoms with Crippen molar-refractivity contribution in [1.82, 2.24) is 9.29 Å². The number of fused-ring (bicyclic) bond motifs is 1. The zero-order valence-corrected chi connectivity index (χ0v) is 16.9. The molecule has 0 unspecified atom stereocenters. The monoisotopic (exact) mass is 402 g/mol.